The normalized spacial score (nSPS) is 11.8. The zero-order valence-electron chi connectivity index (χ0n) is 8.67. The minimum Gasteiger partial charge on any atom is -0.399 e. The Hall–Kier alpha value is -0.490. The number of alkyl halides is 3. The SMILES string of the molecule is Cc1cc(N)ccc1SCCSC(F)(F)F. The standard InChI is InChI=1S/C10H12F3NS2/c1-7-6-8(14)2-3-9(7)15-4-5-16-10(11,12)13/h2-3,6H,4-5,14H2,1H3. The largest absolute Gasteiger partial charge is 0.441 e. The maximum Gasteiger partial charge on any atom is 0.441 e. The Balaban J connectivity index is 2.38. The smallest absolute Gasteiger partial charge is 0.399 e. The summed E-state index contributed by atoms with van der Waals surface area (Å²) in [6.07, 6.45) is 0. The van der Waals surface area contributed by atoms with Crippen LogP contribution in [0.1, 0.15) is 5.56 Å². The number of rotatable bonds is 4. The molecule has 0 atom stereocenters. The zero-order chi connectivity index (χ0) is 12.2. The molecule has 1 aromatic rings. The molecule has 16 heavy (non-hydrogen) atoms. The first-order chi connectivity index (χ1) is 7.38. The minimum absolute atomic E-state index is 0.0163. The molecule has 0 radical (unpaired) electrons. The number of thioether (sulfide) groups is 2. The average molecular weight is 267 g/mol. The van der Waals surface area contributed by atoms with Gasteiger partial charge in [-0.15, -0.1) is 11.8 Å². The summed E-state index contributed by atoms with van der Waals surface area (Å²) in [4.78, 5) is 0.983. The first kappa shape index (κ1) is 13.6. The Bertz CT molecular complexity index is 352. The molecule has 0 fully saturated rings. The maximum atomic E-state index is 11.9. The molecule has 0 spiro atoms. The highest BCUT2D eigenvalue weighted by Crippen LogP contribution is 2.32. The molecule has 0 bridgehead atoms. The summed E-state index contributed by atoms with van der Waals surface area (Å²) in [5.74, 6) is 0.507. The highest BCUT2D eigenvalue weighted by atomic mass is 32.2. The Morgan fingerprint density at radius 1 is 1.25 bits per heavy atom. The van der Waals surface area contributed by atoms with Gasteiger partial charge in [-0.2, -0.15) is 13.2 Å². The topological polar surface area (TPSA) is 26.0 Å². The molecule has 2 N–H and O–H groups in total. The van der Waals surface area contributed by atoms with E-state index in [2.05, 4.69) is 0 Å². The monoisotopic (exact) mass is 267 g/mol. The summed E-state index contributed by atoms with van der Waals surface area (Å²) in [5, 5.41) is 0. The number of hydrogen-bond acceptors (Lipinski definition) is 3. The predicted molar refractivity (Wildman–Crippen MR) is 64.8 cm³/mol. The molecule has 0 saturated carbocycles. The van der Waals surface area contributed by atoms with Crippen molar-refractivity contribution in [3.05, 3.63) is 23.8 Å². The van der Waals surface area contributed by atoms with E-state index in [1.54, 1.807) is 6.07 Å². The van der Waals surface area contributed by atoms with Crippen LogP contribution in [0.2, 0.25) is 0 Å². The van der Waals surface area contributed by atoms with Crippen molar-refractivity contribution in [3.8, 4) is 0 Å². The number of hydrogen-bond donors (Lipinski definition) is 1. The summed E-state index contributed by atoms with van der Waals surface area (Å²) >= 11 is 1.44. The molecule has 6 heteroatoms. The van der Waals surface area contributed by atoms with Gasteiger partial charge < -0.3 is 5.73 Å². The van der Waals surface area contributed by atoms with Crippen LogP contribution < -0.4 is 5.73 Å². The molecule has 0 unspecified atom stereocenters. The Morgan fingerprint density at radius 3 is 2.50 bits per heavy atom. The van der Waals surface area contributed by atoms with Crippen molar-refractivity contribution >= 4 is 29.2 Å². The van der Waals surface area contributed by atoms with E-state index in [0.717, 1.165) is 10.5 Å². The third kappa shape index (κ3) is 5.03. The summed E-state index contributed by atoms with van der Waals surface area (Å²) in [5.41, 5.74) is 3.12. The molecule has 1 rings (SSSR count). The molecule has 0 aromatic heterocycles. The van der Waals surface area contributed by atoms with E-state index in [1.165, 1.54) is 11.8 Å². The third-order valence-electron chi connectivity index (χ3n) is 1.81. The fourth-order valence-corrected chi connectivity index (χ4v) is 2.71. The Morgan fingerprint density at radius 2 is 1.94 bits per heavy atom. The van der Waals surface area contributed by atoms with Crippen molar-refractivity contribution < 1.29 is 13.2 Å². The van der Waals surface area contributed by atoms with Gasteiger partial charge in [0.1, 0.15) is 0 Å². The van der Waals surface area contributed by atoms with Gasteiger partial charge in [-0.1, -0.05) is 11.8 Å². The van der Waals surface area contributed by atoms with Crippen LogP contribution >= 0.6 is 23.5 Å². The van der Waals surface area contributed by atoms with Crippen molar-refractivity contribution in [1.82, 2.24) is 0 Å². The maximum absolute atomic E-state index is 11.9. The van der Waals surface area contributed by atoms with Crippen LogP contribution in [0.3, 0.4) is 0 Å². The second-order valence-corrected chi connectivity index (χ2v) is 5.46. The quantitative estimate of drug-likeness (QED) is 0.508. The molecule has 0 aliphatic carbocycles. The fourth-order valence-electron chi connectivity index (χ4n) is 1.14. The van der Waals surface area contributed by atoms with Crippen molar-refractivity contribution in [3.63, 3.8) is 0 Å². The number of nitrogen functional groups attached to an aromatic ring is 1. The van der Waals surface area contributed by atoms with E-state index in [4.69, 9.17) is 5.73 Å². The molecule has 0 saturated heterocycles. The van der Waals surface area contributed by atoms with Crippen LogP contribution in [0.5, 0.6) is 0 Å². The molecule has 0 aliphatic heterocycles. The molecule has 0 aliphatic rings. The Labute approximate surface area is 101 Å². The van der Waals surface area contributed by atoms with Crippen LogP contribution in [0, 0.1) is 6.92 Å². The highest BCUT2D eigenvalue weighted by Gasteiger charge is 2.27. The van der Waals surface area contributed by atoms with Gasteiger partial charge in [0.25, 0.3) is 0 Å². The van der Waals surface area contributed by atoms with E-state index in [1.807, 2.05) is 19.1 Å². The van der Waals surface area contributed by atoms with Crippen molar-refractivity contribution in [2.45, 2.75) is 17.3 Å². The first-order valence-electron chi connectivity index (χ1n) is 4.58. The van der Waals surface area contributed by atoms with Crippen LogP contribution in [-0.2, 0) is 0 Å². The minimum atomic E-state index is -4.13. The van der Waals surface area contributed by atoms with Gasteiger partial charge in [0.15, 0.2) is 0 Å². The van der Waals surface area contributed by atoms with Crippen molar-refractivity contribution in [2.75, 3.05) is 17.2 Å². The number of benzene rings is 1. The van der Waals surface area contributed by atoms with Crippen LogP contribution in [-0.4, -0.2) is 17.0 Å². The summed E-state index contributed by atoms with van der Waals surface area (Å²) in [6.45, 7) is 1.90. The first-order valence-corrected chi connectivity index (χ1v) is 6.55. The Kier molecular flexibility index (Phi) is 4.86. The van der Waals surface area contributed by atoms with E-state index >= 15 is 0 Å². The third-order valence-corrected chi connectivity index (χ3v) is 3.98. The summed E-state index contributed by atoms with van der Waals surface area (Å²) in [6, 6.07) is 5.42. The van der Waals surface area contributed by atoms with E-state index in [0.29, 0.717) is 11.4 Å². The van der Waals surface area contributed by atoms with Crippen LogP contribution in [0.25, 0.3) is 0 Å². The number of nitrogens with two attached hydrogens (primary N) is 1. The lowest BCUT2D eigenvalue weighted by Crippen LogP contribution is -2.02. The summed E-state index contributed by atoms with van der Waals surface area (Å²) in [7, 11) is 0. The van der Waals surface area contributed by atoms with E-state index < -0.39 is 5.51 Å². The van der Waals surface area contributed by atoms with E-state index in [-0.39, 0.29) is 17.5 Å². The van der Waals surface area contributed by atoms with Gasteiger partial charge in [-0.3, -0.25) is 0 Å². The predicted octanol–water partition coefficient (Wildman–Crippen LogP) is 3.92. The number of aryl methyl sites for hydroxylation is 1. The van der Waals surface area contributed by atoms with Crippen molar-refractivity contribution in [1.29, 1.82) is 0 Å². The molecule has 0 heterocycles. The van der Waals surface area contributed by atoms with Gasteiger partial charge >= 0.3 is 5.51 Å². The van der Waals surface area contributed by atoms with Crippen molar-refractivity contribution in [2.24, 2.45) is 0 Å². The fraction of sp³-hybridized carbons (Fsp3) is 0.400. The molecule has 1 aromatic carbocycles. The number of anilines is 1. The van der Waals surface area contributed by atoms with Gasteiger partial charge in [-0.05, 0) is 30.7 Å². The van der Waals surface area contributed by atoms with Crippen LogP contribution in [0.4, 0.5) is 18.9 Å². The zero-order valence-corrected chi connectivity index (χ0v) is 10.3. The lowest BCUT2D eigenvalue weighted by atomic mass is 10.2. The second kappa shape index (κ2) is 5.72. The number of halogens is 3. The van der Waals surface area contributed by atoms with E-state index in [9.17, 15) is 13.2 Å². The molecule has 90 valence electrons. The lowest BCUT2D eigenvalue weighted by Gasteiger charge is -2.07. The summed E-state index contributed by atoms with van der Waals surface area (Å²) < 4.78 is 35.6. The molecular weight excluding hydrogens is 255 g/mol. The molecule has 1 nitrogen and oxygen atoms in total. The van der Waals surface area contributed by atoms with Gasteiger partial charge in [0.2, 0.25) is 0 Å². The lowest BCUT2D eigenvalue weighted by molar-refractivity contribution is -0.0326. The van der Waals surface area contributed by atoms with Gasteiger partial charge in [-0.25, -0.2) is 0 Å². The second-order valence-electron chi connectivity index (χ2n) is 3.17. The highest BCUT2D eigenvalue weighted by molar-refractivity contribution is 8.03. The van der Waals surface area contributed by atoms with Gasteiger partial charge in [0.05, 0.1) is 0 Å². The molecular formula is C10H12F3NS2. The molecule has 0 amide bonds. The van der Waals surface area contributed by atoms with Crippen LogP contribution in [0.15, 0.2) is 23.1 Å². The van der Waals surface area contributed by atoms with Gasteiger partial charge in [0, 0.05) is 22.1 Å². The average Bonchev–Trinajstić information content (AvgIpc) is 2.13.